The zero-order valence-electron chi connectivity index (χ0n) is 7.47. The number of carbonyl (C=O) groups is 1. The van der Waals surface area contributed by atoms with Crippen LogP contribution in [0.25, 0.3) is 0 Å². The van der Waals surface area contributed by atoms with E-state index in [-0.39, 0.29) is 12.4 Å². The first kappa shape index (κ1) is 2.89. The molecule has 3 nitrogen and oxygen atoms in total. The van der Waals surface area contributed by atoms with Gasteiger partial charge in [0.25, 0.3) is 0 Å². The van der Waals surface area contributed by atoms with Gasteiger partial charge in [-0.3, -0.25) is 4.79 Å². The molecule has 0 spiro atoms. The minimum Gasteiger partial charge on any atom is -0.370 e. The van der Waals surface area contributed by atoms with Crippen molar-refractivity contribution in [2.24, 2.45) is 11.5 Å². The van der Waals surface area contributed by atoms with Crippen LogP contribution >= 0.6 is 12.4 Å². The number of hydrogen-bond donors (Lipinski definition) is 2. The fourth-order valence-corrected chi connectivity index (χ4v) is 0.0711. The average Bonchev–Trinajstić information content (AvgIpc) is 1.62. The van der Waals surface area contributed by atoms with E-state index in [4.69, 9.17) is 5.48 Å². The van der Waals surface area contributed by atoms with Gasteiger partial charge in [-0.2, -0.15) is 0 Å². The van der Waals surface area contributed by atoms with Crippen LogP contribution in [0, 0.1) is 0 Å². The van der Waals surface area contributed by atoms with Crippen LogP contribution in [0.4, 0.5) is 0 Å². The van der Waals surface area contributed by atoms with E-state index in [9.17, 15) is 4.79 Å². The van der Waals surface area contributed by atoms with E-state index in [1.54, 1.807) is 0 Å². The summed E-state index contributed by atoms with van der Waals surface area (Å²) in [4.78, 5) is 10.2. The maximum atomic E-state index is 10.2. The molecule has 0 aromatic carbocycles. The Morgan fingerprint density at radius 3 is 2.29 bits per heavy atom. The van der Waals surface area contributed by atoms with E-state index in [0.717, 1.165) is 0 Å². The molecule has 0 bridgehead atoms. The van der Waals surface area contributed by atoms with Crippen LogP contribution < -0.4 is 11.5 Å². The van der Waals surface area contributed by atoms with Crippen LogP contribution in [0.15, 0.2) is 0 Å². The highest BCUT2D eigenvalue weighted by molar-refractivity contribution is 5.85. The number of halogens is 1. The number of nitrogens with two attached hydrogens (primary N) is 2. The molecule has 0 aromatic rings. The molecule has 0 aliphatic rings. The summed E-state index contributed by atoms with van der Waals surface area (Å²) < 4.78 is 26.7. The minimum atomic E-state index is -2.81. The highest BCUT2D eigenvalue weighted by atomic mass is 35.5. The molecule has 0 saturated carbocycles. The lowest BCUT2D eigenvalue weighted by molar-refractivity contribution is -0.117. The number of amides is 1. The Hall–Kier alpha value is -0.280. The molecule has 44 valence electrons. The summed E-state index contributed by atoms with van der Waals surface area (Å²) >= 11 is 0. The van der Waals surface area contributed by atoms with Crippen molar-refractivity contribution in [2.75, 3.05) is 6.50 Å². The number of rotatable bonds is 2. The van der Waals surface area contributed by atoms with Gasteiger partial charge < -0.3 is 11.5 Å². The molecule has 4 heteroatoms. The van der Waals surface area contributed by atoms with Crippen LogP contribution in [-0.4, -0.2) is 12.4 Å². The van der Waals surface area contributed by atoms with E-state index >= 15 is 0 Å². The lowest BCUT2D eigenvalue weighted by Crippen LogP contribution is -2.15. The molecular formula is C3H9ClN2O. The van der Waals surface area contributed by atoms with Crippen molar-refractivity contribution in [1.82, 2.24) is 0 Å². The Kier molecular flexibility index (Phi) is 2.36. The van der Waals surface area contributed by atoms with Gasteiger partial charge in [0.15, 0.2) is 0 Å². The van der Waals surface area contributed by atoms with Crippen LogP contribution in [0.5, 0.6) is 0 Å². The molecule has 7 heavy (non-hydrogen) atoms. The first-order valence-corrected chi connectivity index (χ1v) is 1.28. The fraction of sp³-hybridized carbons (Fsp3) is 0.667. The Morgan fingerprint density at radius 1 is 1.86 bits per heavy atom. The molecule has 4 N–H and O–H groups in total. The van der Waals surface area contributed by atoms with Gasteiger partial charge in [0.05, 0.1) is 0 Å². The van der Waals surface area contributed by atoms with Crippen molar-refractivity contribution in [2.45, 2.75) is 6.37 Å². The van der Waals surface area contributed by atoms with E-state index < -0.39 is 18.8 Å². The third kappa shape index (κ3) is 10.7. The van der Waals surface area contributed by atoms with Crippen molar-refractivity contribution >= 4 is 18.3 Å². The summed E-state index contributed by atoms with van der Waals surface area (Å²) in [5, 5.41) is 0. The van der Waals surface area contributed by atoms with Crippen LogP contribution in [0.3, 0.4) is 0 Å². The summed E-state index contributed by atoms with van der Waals surface area (Å²) in [6.45, 7) is -2.72. The van der Waals surface area contributed by atoms with E-state index in [2.05, 4.69) is 11.5 Å². The lowest BCUT2D eigenvalue weighted by atomic mass is 10.4. The minimum absolute atomic E-state index is 0. The van der Waals surface area contributed by atoms with E-state index in [0.29, 0.717) is 0 Å². The number of carbonyl (C=O) groups excluding carboxylic acids is 1. The second-order valence-electron chi connectivity index (χ2n) is 0.634. The maximum absolute atomic E-state index is 10.2. The van der Waals surface area contributed by atoms with Crippen molar-refractivity contribution in [3.05, 3.63) is 0 Å². The second kappa shape index (κ2) is 5.72. The number of primary amides is 1. The first-order valence-electron chi connectivity index (χ1n) is 3.28. The van der Waals surface area contributed by atoms with Gasteiger partial charge in [-0.15, -0.1) is 12.4 Å². The molecule has 0 unspecified atom stereocenters. The Labute approximate surface area is 54.1 Å². The molecule has 1 amide bonds. The maximum Gasteiger partial charge on any atom is 0.218 e. The molecule has 0 aromatic heterocycles. The third-order valence-electron chi connectivity index (χ3n) is 0.195. The molecule has 0 saturated heterocycles. The molecule has 0 rings (SSSR count). The Balaban J connectivity index is 0. The average molecular weight is 129 g/mol. The van der Waals surface area contributed by atoms with Gasteiger partial charge in [-0.25, -0.2) is 0 Å². The summed E-state index contributed by atoms with van der Waals surface area (Å²) in [6.07, 6.45) is -2.81. The topological polar surface area (TPSA) is 69.1 Å². The summed E-state index contributed by atoms with van der Waals surface area (Å²) in [5.74, 6) is -1.40. The van der Waals surface area contributed by atoms with Gasteiger partial charge in [0.2, 0.25) is 5.91 Å². The monoisotopic (exact) mass is 128 g/mol. The summed E-state index contributed by atoms with van der Waals surface area (Å²) in [7, 11) is 0. The molecule has 0 fully saturated rings. The molecule has 0 atom stereocenters. The molecule has 0 aliphatic carbocycles. The molecule has 0 radical (unpaired) electrons. The smallest absolute Gasteiger partial charge is 0.218 e. The highest BCUT2D eigenvalue weighted by Gasteiger charge is 1.84. The first-order chi connectivity index (χ1) is 4.19. The van der Waals surface area contributed by atoms with Crippen molar-refractivity contribution in [3.63, 3.8) is 0 Å². The van der Waals surface area contributed by atoms with Gasteiger partial charge in [-0.05, 0) is 0 Å². The predicted octanol–water partition coefficient (Wildman–Crippen LogP) is -0.758. The second-order valence-corrected chi connectivity index (χ2v) is 0.634. The SMILES string of the molecule is Cl.[2H]C([2H])(N)C([2H])([2H])C(N)=O. The van der Waals surface area contributed by atoms with Crippen LogP contribution in [0.1, 0.15) is 11.9 Å². The van der Waals surface area contributed by atoms with Gasteiger partial charge >= 0.3 is 0 Å². The standard InChI is InChI=1S/C3H8N2O.ClH/c4-2-1-3(5)6;/h1-2,4H2,(H2,5,6);1H/i1D2,2D2;. The number of hydrogen-bond acceptors (Lipinski definition) is 2. The predicted molar refractivity (Wildman–Crippen MR) is 30.1 cm³/mol. The third-order valence-corrected chi connectivity index (χ3v) is 0.195. The molecule has 0 aliphatic heterocycles. The van der Waals surface area contributed by atoms with E-state index in [1.165, 1.54) is 0 Å². The van der Waals surface area contributed by atoms with Crippen LogP contribution in [0.2, 0.25) is 0 Å². The van der Waals surface area contributed by atoms with Crippen molar-refractivity contribution in [3.8, 4) is 0 Å². The Bertz CT molecular complexity index is 156. The van der Waals surface area contributed by atoms with Gasteiger partial charge in [0.1, 0.15) is 0 Å². The van der Waals surface area contributed by atoms with Gasteiger partial charge in [0, 0.05) is 18.4 Å². The van der Waals surface area contributed by atoms with Gasteiger partial charge in [-0.1, -0.05) is 0 Å². The fourth-order valence-electron chi connectivity index (χ4n) is 0.0711. The largest absolute Gasteiger partial charge is 0.370 e. The normalized spacial score (nSPS) is 19.6. The zero-order valence-corrected chi connectivity index (χ0v) is 4.29. The highest BCUT2D eigenvalue weighted by Crippen LogP contribution is 1.63. The van der Waals surface area contributed by atoms with E-state index in [1.807, 2.05) is 0 Å². The van der Waals surface area contributed by atoms with Crippen LogP contribution in [-0.2, 0) is 4.79 Å². The summed E-state index contributed by atoms with van der Waals surface area (Å²) in [5.41, 5.74) is 9.19. The quantitative estimate of drug-likeness (QED) is 0.514. The molecule has 0 heterocycles. The lowest BCUT2D eigenvalue weighted by Gasteiger charge is -1.82. The van der Waals surface area contributed by atoms with Crippen molar-refractivity contribution in [1.29, 1.82) is 0 Å². The Morgan fingerprint density at radius 2 is 2.29 bits per heavy atom. The summed E-state index contributed by atoms with van der Waals surface area (Å²) in [6, 6.07) is 0. The molecular weight excluding hydrogens is 115 g/mol. The van der Waals surface area contributed by atoms with Crippen molar-refractivity contribution < 1.29 is 10.3 Å². The zero-order chi connectivity index (χ0) is 8.58.